The van der Waals surface area contributed by atoms with E-state index in [0.717, 1.165) is 41.1 Å². The second kappa shape index (κ2) is 5.93. The Morgan fingerprint density at radius 3 is 2.74 bits per heavy atom. The van der Waals surface area contributed by atoms with Crippen LogP contribution in [0, 0.1) is 0 Å². The SMILES string of the molecule is CCCC(N)Cc1nc2cccc(Cl)c2n1C(C)C. The van der Waals surface area contributed by atoms with Crippen LogP contribution < -0.4 is 5.73 Å². The minimum Gasteiger partial charge on any atom is -0.327 e. The van der Waals surface area contributed by atoms with Crippen LogP contribution in [-0.2, 0) is 6.42 Å². The molecule has 0 aliphatic heterocycles. The number of hydrogen-bond acceptors (Lipinski definition) is 2. The van der Waals surface area contributed by atoms with Crippen LogP contribution in [0.15, 0.2) is 18.2 Å². The molecule has 2 aromatic rings. The molecule has 1 aromatic heterocycles. The van der Waals surface area contributed by atoms with E-state index >= 15 is 0 Å². The zero-order chi connectivity index (χ0) is 14.0. The maximum atomic E-state index is 6.33. The van der Waals surface area contributed by atoms with E-state index in [0.29, 0.717) is 6.04 Å². The molecular formula is C15H22ClN3. The van der Waals surface area contributed by atoms with Gasteiger partial charge in [0.05, 0.1) is 16.1 Å². The van der Waals surface area contributed by atoms with Gasteiger partial charge in [-0.3, -0.25) is 0 Å². The standard InChI is InChI=1S/C15H22ClN3/c1-4-6-11(17)9-14-18-13-8-5-7-12(16)15(13)19(14)10(2)3/h5,7-8,10-11H,4,6,9,17H2,1-3H3. The third-order valence-electron chi connectivity index (χ3n) is 3.35. The molecular weight excluding hydrogens is 258 g/mol. The van der Waals surface area contributed by atoms with Crippen LogP contribution in [0.3, 0.4) is 0 Å². The lowest BCUT2D eigenvalue weighted by Gasteiger charge is -2.16. The van der Waals surface area contributed by atoms with Crippen molar-refractivity contribution in [3.63, 3.8) is 0 Å². The van der Waals surface area contributed by atoms with Crippen molar-refractivity contribution in [3.05, 3.63) is 29.0 Å². The average Bonchev–Trinajstić information content (AvgIpc) is 2.68. The zero-order valence-electron chi connectivity index (χ0n) is 11.9. The highest BCUT2D eigenvalue weighted by Crippen LogP contribution is 2.28. The largest absolute Gasteiger partial charge is 0.327 e. The second-order valence-electron chi connectivity index (χ2n) is 5.35. The molecule has 2 rings (SSSR count). The molecule has 1 atom stereocenters. The summed E-state index contributed by atoms with van der Waals surface area (Å²) < 4.78 is 2.22. The van der Waals surface area contributed by atoms with E-state index in [1.54, 1.807) is 0 Å². The summed E-state index contributed by atoms with van der Waals surface area (Å²) >= 11 is 6.33. The van der Waals surface area contributed by atoms with Gasteiger partial charge in [-0.1, -0.05) is 31.0 Å². The van der Waals surface area contributed by atoms with Crippen molar-refractivity contribution in [1.29, 1.82) is 0 Å². The Kier molecular flexibility index (Phi) is 4.48. The third kappa shape index (κ3) is 2.93. The molecule has 0 saturated carbocycles. The first-order valence-electron chi connectivity index (χ1n) is 6.95. The Labute approximate surface area is 119 Å². The second-order valence-corrected chi connectivity index (χ2v) is 5.76. The summed E-state index contributed by atoms with van der Waals surface area (Å²) in [5, 5.41) is 0.758. The number of hydrogen-bond donors (Lipinski definition) is 1. The van der Waals surface area contributed by atoms with Crippen LogP contribution in [0.5, 0.6) is 0 Å². The third-order valence-corrected chi connectivity index (χ3v) is 3.66. The molecule has 0 radical (unpaired) electrons. The highest BCUT2D eigenvalue weighted by molar-refractivity contribution is 6.35. The maximum absolute atomic E-state index is 6.33. The molecule has 1 aromatic carbocycles. The lowest BCUT2D eigenvalue weighted by atomic mass is 10.1. The van der Waals surface area contributed by atoms with Crippen molar-refractivity contribution < 1.29 is 0 Å². The van der Waals surface area contributed by atoms with Gasteiger partial charge in [0.1, 0.15) is 5.82 Å². The predicted molar refractivity (Wildman–Crippen MR) is 81.7 cm³/mol. The van der Waals surface area contributed by atoms with Crippen molar-refractivity contribution in [3.8, 4) is 0 Å². The normalized spacial score (nSPS) is 13.4. The molecule has 0 bridgehead atoms. The Morgan fingerprint density at radius 1 is 1.37 bits per heavy atom. The van der Waals surface area contributed by atoms with Crippen LogP contribution in [0.4, 0.5) is 0 Å². The summed E-state index contributed by atoms with van der Waals surface area (Å²) in [5.74, 6) is 1.04. The van der Waals surface area contributed by atoms with E-state index in [-0.39, 0.29) is 6.04 Å². The molecule has 1 heterocycles. The summed E-state index contributed by atoms with van der Waals surface area (Å²) in [4.78, 5) is 4.72. The summed E-state index contributed by atoms with van der Waals surface area (Å²) in [6, 6.07) is 6.36. The zero-order valence-corrected chi connectivity index (χ0v) is 12.6. The number of benzene rings is 1. The van der Waals surface area contributed by atoms with E-state index < -0.39 is 0 Å². The fourth-order valence-electron chi connectivity index (χ4n) is 2.56. The van der Waals surface area contributed by atoms with E-state index in [4.69, 9.17) is 22.3 Å². The monoisotopic (exact) mass is 279 g/mol. The number of imidazole rings is 1. The smallest absolute Gasteiger partial charge is 0.111 e. The Morgan fingerprint density at radius 2 is 2.11 bits per heavy atom. The van der Waals surface area contributed by atoms with Crippen molar-refractivity contribution in [2.24, 2.45) is 5.73 Å². The highest BCUT2D eigenvalue weighted by Gasteiger charge is 2.17. The van der Waals surface area contributed by atoms with Crippen LogP contribution in [0.2, 0.25) is 5.02 Å². The van der Waals surface area contributed by atoms with Gasteiger partial charge in [0.15, 0.2) is 0 Å². The quantitative estimate of drug-likeness (QED) is 0.901. The van der Waals surface area contributed by atoms with Crippen molar-refractivity contribution in [2.45, 2.75) is 52.1 Å². The lowest BCUT2D eigenvalue weighted by molar-refractivity contribution is 0.533. The van der Waals surface area contributed by atoms with Crippen LogP contribution in [0.1, 0.15) is 45.5 Å². The number of para-hydroxylation sites is 1. The van der Waals surface area contributed by atoms with Gasteiger partial charge in [-0.05, 0) is 32.4 Å². The van der Waals surface area contributed by atoms with Gasteiger partial charge in [-0.2, -0.15) is 0 Å². The summed E-state index contributed by atoms with van der Waals surface area (Å²) in [6.07, 6.45) is 2.93. The Balaban J connectivity index is 2.48. The van der Waals surface area contributed by atoms with Crippen LogP contribution in [0.25, 0.3) is 11.0 Å². The molecule has 2 N–H and O–H groups in total. The highest BCUT2D eigenvalue weighted by atomic mass is 35.5. The van der Waals surface area contributed by atoms with Gasteiger partial charge < -0.3 is 10.3 Å². The number of fused-ring (bicyclic) bond motifs is 1. The average molecular weight is 280 g/mol. The van der Waals surface area contributed by atoms with Gasteiger partial charge in [-0.25, -0.2) is 4.98 Å². The van der Waals surface area contributed by atoms with Gasteiger partial charge >= 0.3 is 0 Å². The first-order valence-corrected chi connectivity index (χ1v) is 7.33. The first kappa shape index (κ1) is 14.4. The number of nitrogens with zero attached hydrogens (tertiary/aromatic N) is 2. The van der Waals surface area contributed by atoms with Crippen LogP contribution >= 0.6 is 11.6 Å². The Bertz CT molecular complexity index is 560. The number of aromatic nitrogens is 2. The van der Waals surface area contributed by atoms with E-state index in [1.807, 2.05) is 18.2 Å². The van der Waals surface area contributed by atoms with Gasteiger partial charge in [-0.15, -0.1) is 0 Å². The molecule has 0 aliphatic carbocycles. The summed E-state index contributed by atoms with van der Waals surface area (Å²) in [5.41, 5.74) is 8.14. The molecule has 3 nitrogen and oxygen atoms in total. The molecule has 0 saturated heterocycles. The molecule has 0 aliphatic rings. The fourth-order valence-corrected chi connectivity index (χ4v) is 2.82. The molecule has 19 heavy (non-hydrogen) atoms. The molecule has 104 valence electrons. The maximum Gasteiger partial charge on any atom is 0.111 e. The van der Waals surface area contributed by atoms with E-state index in [9.17, 15) is 0 Å². The van der Waals surface area contributed by atoms with Crippen LogP contribution in [-0.4, -0.2) is 15.6 Å². The van der Waals surface area contributed by atoms with E-state index in [1.165, 1.54) is 0 Å². The molecule has 0 fully saturated rings. The molecule has 1 unspecified atom stereocenters. The first-order chi connectivity index (χ1) is 9.04. The molecule has 4 heteroatoms. The lowest BCUT2D eigenvalue weighted by Crippen LogP contribution is -2.24. The molecule has 0 spiro atoms. The summed E-state index contributed by atoms with van der Waals surface area (Å²) in [6.45, 7) is 6.46. The van der Waals surface area contributed by atoms with Crippen molar-refractivity contribution >= 4 is 22.6 Å². The molecule has 0 amide bonds. The van der Waals surface area contributed by atoms with Gasteiger partial charge in [0.25, 0.3) is 0 Å². The number of nitrogens with two attached hydrogens (primary N) is 1. The Hall–Kier alpha value is -1.06. The van der Waals surface area contributed by atoms with Crippen molar-refractivity contribution in [2.75, 3.05) is 0 Å². The topological polar surface area (TPSA) is 43.8 Å². The minimum atomic E-state index is 0.165. The summed E-state index contributed by atoms with van der Waals surface area (Å²) in [7, 11) is 0. The van der Waals surface area contributed by atoms with E-state index in [2.05, 4.69) is 25.3 Å². The minimum absolute atomic E-state index is 0.165. The fraction of sp³-hybridized carbons (Fsp3) is 0.533. The van der Waals surface area contributed by atoms with Gasteiger partial charge in [0, 0.05) is 18.5 Å². The number of rotatable bonds is 5. The van der Waals surface area contributed by atoms with Crippen molar-refractivity contribution in [1.82, 2.24) is 9.55 Å². The number of halogens is 1. The predicted octanol–water partition coefficient (Wildman–Crippen LogP) is 3.94. The van der Waals surface area contributed by atoms with Gasteiger partial charge in [0.2, 0.25) is 0 Å².